The second-order valence-electron chi connectivity index (χ2n) is 3.99. The molecule has 3 N–H and O–H groups in total. The summed E-state index contributed by atoms with van der Waals surface area (Å²) in [5.41, 5.74) is 6.79. The summed E-state index contributed by atoms with van der Waals surface area (Å²) < 4.78 is 0. The van der Waals surface area contributed by atoms with Gasteiger partial charge in [-0.3, -0.25) is 14.9 Å². The second kappa shape index (κ2) is 5.31. The molecule has 2 amide bonds. The lowest BCUT2D eigenvalue weighted by Crippen LogP contribution is -2.55. The molecule has 0 aliphatic carbocycles. The van der Waals surface area contributed by atoms with Gasteiger partial charge in [-0.1, -0.05) is 30.3 Å². The fraction of sp³-hybridized carbons (Fsp3) is 0.250. The van der Waals surface area contributed by atoms with Crippen molar-refractivity contribution < 1.29 is 9.59 Å². The van der Waals surface area contributed by atoms with Crippen LogP contribution in [0.1, 0.15) is 5.56 Å². The molecular weight excluding hydrogens is 232 g/mol. The lowest BCUT2D eigenvalue weighted by atomic mass is 10.2. The van der Waals surface area contributed by atoms with Gasteiger partial charge in [-0.25, -0.2) is 4.99 Å². The summed E-state index contributed by atoms with van der Waals surface area (Å²) in [6, 6.07) is 9.62. The molecule has 1 saturated heterocycles. The molecule has 0 saturated carbocycles. The van der Waals surface area contributed by atoms with Crippen LogP contribution in [0, 0.1) is 0 Å². The van der Waals surface area contributed by atoms with E-state index in [-0.39, 0.29) is 30.9 Å². The minimum atomic E-state index is -0.357. The van der Waals surface area contributed by atoms with Gasteiger partial charge >= 0.3 is 0 Å². The van der Waals surface area contributed by atoms with Gasteiger partial charge in [0.1, 0.15) is 13.1 Å². The smallest absolute Gasteiger partial charge is 0.246 e. The Morgan fingerprint density at radius 1 is 1.22 bits per heavy atom. The molecule has 1 fully saturated rings. The fourth-order valence-electron chi connectivity index (χ4n) is 1.65. The Balaban J connectivity index is 2.00. The number of nitrogens with zero attached hydrogens (tertiary/aromatic N) is 2. The largest absolute Gasteiger partial charge is 0.370 e. The van der Waals surface area contributed by atoms with Crippen LogP contribution in [0.25, 0.3) is 0 Å². The van der Waals surface area contributed by atoms with Gasteiger partial charge in [0.2, 0.25) is 11.8 Å². The summed E-state index contributed by atoms with van der Waals surface area (Å²) in [5, 5.41) is 2.21. The average molecular weight is 246 g/mol. The summed E-state index contributed by atoms with van der Waals surface area (Å²) in [5.74, 6) is -0.504. The first-order valence-corrected chi connectivity index (χ1v) is 5.56. The van der Waals surface area contributed by atoms with Crippen LogP contribution in [0.3, 0.4) is 0 Å². The van der Waals surface area contributed by atoms with E-state index >= 15 is 0 Å². The molecule has 0 aromatic heterocycles. The number of nitrogens with one attached hydrogen (secondary N) is 1. The number of benzene rings is 1. The molecule has 0 spiro atoms. The minimum absolute atomic E-state index is 0.0653. The normalized spacial score (nSPS) is 16.7. The minimum Gasteiger partial charge on any atom is -0.370 e. The van der Waals surface area contributed by atoms with Crippen LogP contribution in [-0.2, 0) is 16.1 Å². The van der Waals surface area contributed by atoms with E-state index in [1.807, 2.05) is 30.3 Å². The van der Waals surface area contributed by atoms with Crippen molar-refractivity contribution in [2.45, 2.75) is 6.54 Å². The Hall–Kier alpha value is -2.37. The van der Waals surface area contributed by atoms with Crippen molar-refractivity contribution in [2.75, 3.05) is 13.1 Å². The Kier molecular flexibility index (Phi) is 3.57. The molecule has 1 aromatic rings. The molecule has 0 bridgehead atoms. The van der Waals surface area contributed by atoms with Gasteiger partial charge in [-0.15, -0.1) is 0 Å². The number of carbonyl (C=O) groups is 2. The van der Waals surface area contributed by atoms with E-state index in [1.54, 1.807) is 0 Å². The molecule has 1 aromatic carbocycles. The van der Waals surface area contributed by atoms with Gasteiger partial charge in [0.05, 0.1) is 6.54 Å². The standard InChI is InChI=1S/C12H14N4O2/c13-12(14-6-9-4-2-1-3-5-9)16-7-10(17)15-11(18)8-16/h1-5H,6-8H2,(H2,13,14)(H,15,17,18). The van der Waals surface area contributed by atoms with Crippen LogP contribution in [0.2, 0.25) is 0 Å². The summed E-state index contributed by atoms with van der Waals surface area (Å²) in [4.78, 5) is 28.0. The van der Waals surface area contributed by atoms with E-state index in [2.05, 4.69) is 10.3 Å². The number of imide groups is 1. The van der Waals surface area contributed by atoms with Crippen molar-refractivity contribution in [2.24, 2.45) is 10.7 Å². The first-order chi connectivity index (χ1) is 8.65. The summed E-state index contributed by atoms with van der Waals surface area (Å²) >= 11 is 0. The Labute approximate surface area is 104 Å². The molecule has 2 rings (SSSR count). The molecule has 1 heterocycles. The van der Waals surface area contributed by atoms with E-state index in [0.717, 1.165) is 5.56 Å². The van der Waals surface area contributed by atoms with Crippen molar-refractivity contribution in [1.29, 1.82) is 0 Å². The Bertz CT molecular complexity index is 468. The van der Waals surface area contributed by atoms with Crippen molar-refractivity contribution in [3.05, 3.63) is 35.9 Å². The number of aliphatic imine (C=N–C) groups is 1. The van der Waals surface area contributed by atoms with Crippen molar-refractivity contribution >= 4 is 17.8 Å². The first-order valence-electron chi connectivity index (χ1n) is 5.56. The maximum absolute atomic E-state index is 11.2. The third-order valence-corrected chi connectivity index (χ3v) is 2.54. The zero-order chi connectivity index (χ0) is 13.0. The van der Waals surface area contributed by atoms with Gasteiger partial charge in [0.25, 0.3) is 0 Å². The van der Waals surface area contributed by atoms with Crippen molar-refractivity contribution in [1.82, 2.24) is 10.2 Å². The molecule has 6 heteroatoms. The van der Waals surface area contributed by atoms with E-state index in [9.17, 15) is 9.59 Å². The van der Waals surface area contributed by atoms with Crippen LogP contribution in [-0.4, -0.2) is 35.8 Å². The number of piperazine rings is 1. The molecule has 94 valence electrons. The van der Waals surface area contributed by atoms with Crippen molar-refractivity contribution in [3.8, 4) is 0 Å². The zero-order valence-electron chi connectivity index (χ0n) is 9.80. The Morgan fingerprint density at radius 2 is 1.83 bits per heavy atom. The molecular formula is C12H14N4O2. The van der Waals surface area contributed by atoms with Gasteiger partial charge < -0.3 is 10.6 Å². The monoisotopic (exact) mass is 246 g/mol. The van der Waals surface area contributed by atoms with E-state index in [4.69, 9.17) is 5.73 Å². The van der Waals surface area contributed by atoms with Gasteiger partial charge in [0, 0.05) is 0 Å². The number of nitrogens with two attached hydrogens (primary N) is 1. The molecule has 0 radical (unpaired) electrons. The molecule has 18 heavy (non-hydrogen) atoms. The highest BCUT2D eigenvalue weighted by Gasteiger charge is 2.23. The number of guanidine groups is 1. The number of carbonyl (C=O) groups excluding carboxylic acids is 2. The van der Waals surface area contributed by atoms with Crippen LogP contribution < -0.4 is 11.1 Å². The van der Waals surface area contributed by atoms with Crippen LogP contribution in [0.4, 0.5) is 0 Å². The maximum atomic E-state index is 11.2. The highest BCUT2D eigenvalue weighted by atomic mass is 16.2. The van der Waals surface area contributed by atoms with E-state index in [0.29, 0.717) is 6.54 Å². The summed E-state index contributed by atoms with van der Waals surface area (Å²) in [6.07, 6.45) is 0. The predicted octanol–water partition coefficient (Wildman–Crippen LogP) is -0.540. The third-order valence-electron chi connectivity index (χ3n) is 2.54. The van der Waals surface area contributed by atoms with Crippen molar-refractivity contribution in [3.63, 3.8) is 0 Å². The number of hydrogen-bond acceptors (Lipinski definition) is 3. The molecule has 1 aliphatic rings. The first kappa shape index (κ1) is 12.1. The lowest BCUT2D eigenvalue weighted by molar-refractivity contribution is -0.134. The number of rotatable bonds is 2. The van der Waals surface area contributed by atoms with Crippen LogP contribution in [0.15, 0.2) is 35.3 Å². The highest BCUT2D eigenvalue weighted by molar-refractivity contribution is 6.02. The van der Waals surface area contributed by atoms with Gasteiger partial charge in [-0.2, -0.15) is 0 Å². The quantitative estimate of drug-likeness (QED) is 0.417. The number of hydrogen-bond donors (Lipinski definition) is 2. The fourth-order valence-corrected chi connectivity index (χ4v) is 1.65. The number of amides is 2. The summed E-state index contributed by atoms with van der Waals surface area (Å²) in [6.45, 7) is 0.560. The third kappa shape index (κ3) is 3.07. The Morgan fingerprint density at radius 3 is 2.44 bits per heavy atom. The molecule has 6 nitrogen and oxygen atoms in total. The molecule has 1 aliphatic heterocycles. The van der Waals surface area contributed by atoms with Crippen LogP contribution in [0.5, 0.6) is 0 Å². The highest BCUT2D eigenvalue weighted by Crippen LogP contribution is 2.01. The van der Waals surface area contributed by atoms with Crippen LogP contribution >= 0.6 is 0 Å². The maximum Gasteiger partial charge on any atom is 0.246 e. The van der Waals surface area contributed by atoms with Gasteiger partial charge in [0.15, 0.2) is 5.96 Å². The van der Waals surface area contributed by atoms with E-state index in [1.165, 1.54) is 4.90 Å². The zero-order valence-corrected chi connectivity index (χ0v) is 9.80. The van der Waals surface area contributed by atoms with Gasteiger partial charge in [-0.05, 0) is 5.56 Å². The lowest BCUT2D eigenvalue weighted by Gasteiger charge is -2.26. The SMILES string of the molecule is NC(=NCc1ccccc1)N1CC(=O)NC(=O)C1. The molecule has 0 unspecified atom stereocenters. The predicted molar refractivity (Wildman–Crippen MR) is 66.5 cm³/mol. The average Bonchev–Trinajstić information content (AvgIpc) is 2.36. The van der Waals surface area contributed by atoms with E-state index < -0.39 is 0 Å². The topological polar surface area (TPSA) is 87.8 Å². The second-order valence-corrected chi connectivity index (χ2v) is 3.99. The molecule has 0 atom stereocenters. The summed E-state index contributed by atoms with van der Waals surface area (Å²) in [7, 11) is 0.